The van der Waals surface area contributed by atoms with Gasteiger partial charge >= 0.3 is 0 Å². The van der Waals surface area contributed by atoms with Gasteiger partial charge in [0.25, 0.3) is 0 Å². The van der Waals surface area contributed by atoms with E-state index in [-0.39, 0.29) is 11.7 Å². The number of nitrogens with zero attached hydrogens (tertiary/aromatic N) is 3. The van der Waals surface area contributed by atoms with Gasteiger partial charge in [-0.3, -0.25) is 4.79 Å². The lowest BCUT2D eigenvalue weighted by atomic mass is 10.1. The molecule has 5 heteroatoms. The molecule has 122 valence electrons. The summed E-state index contributed by atoms with van der Waals surface area (Å²) in [6, 6.07) is 16.0. The van der Waals surface area contributed by atoms with E-state index in [0.717, 1.165) is 22.5 Å². The Morgan fingerprint density at radius 3 is 2.42 bits per heavy atom. The first-order chi connectivity index (χ1) is 11.5. The van der Waals surface area contributed by atoms with Crippen molar-refractivity contribution in [3.05, 3.63) is 72.2 Å². The van der Waals surface area contributed by atoms with Crippen molar-refractivity contribution in [3.63, 3.8) is 0 Å². The molecule has 0 saturated heterocycles. The molecule has 4 nitrogen and oxygen atoms in total. The second-order valence-electron chi connectivity index (χ2n) is 5.67. The molecule has 0 aliphatic heterocycles. The van der Waals surface area contributed by atoms with Gasteiger partial charge in [0, 0.05) is 37.8 Å². The minimum Gasteiger partial charge on any atom is -0.342 e. The molecule has 1 heterocycles. The van der Waals surface area contributed by atoms with E-state index in [1.165, 1.54) is 19.1 Å². The zero-order valence-corrected chi connectivity index (χ0v) is 13.6. The van der Waals surface area contributed by atoms with Crippen LogP contribution in [0.2, 0.25) is 0 Å². The van der Waals surface area contributed by atoms with Crippen LogP contribution in [0.15, 0.2) is 60.8 Å². The number of para-hydroxylation sites is 1. The number of benzene rings is 2. The molecule has 0 bridgehead atoms. The van der Waals surface area contributed by atoms with E-state index in [9.17, 15) is 9.18 Å². The molecule has 0 fully saturated rings. The molecule has 3 rings (SSSR count). The van der Waals surface area contributed by atoms with Crippen molar-refractivity contribution in [2.24, 2.45) is 0 Å². The summed E-state index contributed by atoms with van der Waals surface area (Å²) in [6.07, 6.45) is 1.91. The molecule has 1 aromatic heterocycles. The van der Waals surface area contributed by atoms with Gasteiger partial charge in [0.1, 0.15) is 5.82 Å². The van der Waals surface area contributed by atoms with Gasteiger partial charge in [-0.15, -0.1) is 0 Å². The van der Waals surface area contributed by atoms with Crippen LogP contribution in [0.4, 0.5) is 4.39 Å². The molecular formula is C19H18FN3O. The van der Waals surface area contributed by atoms with Crippen LogP contribution in [0, 0.1) is 5.82 Å². The normalized spacial score (nSPS) is 10.6. The Kier molecular flexibility index (Phi) is 4.42. The van der Waals surface area contributed by atoms with E-state index in [1.54, 1.807) is 28.8 Å². The lowest BCUT2D eigenvalue weighted by molar-refractivity contribution is -0.128. The first kappa shape index (κ1) is 15.9. The number of hydrogen-bond donors (Lipinski definition) is 0. The number of carbonyl (C=O) groups is 1. The summed E-state index contributed by atoms with van der Waals surface area (Å²) in [5.41, 5.74) is 3.39. The quantitative estimate of drug-likeness (QED) is 0.735. The fourth-order valence-electron chi connectivity index (χ4n) is 2.46. The summed E-state index contributed by atoms with van der Waals surface area (Å²) < 4.78 is 15.0. The molecule has 0 aliphatic rings. The molecule has 1 amide bonds. The Bertz CT molecular complexity index is 841. The van der Waals surface area contributed by atoms with Crippen LogP contribution in [0.25, 0.3) is 16.9 Å². The summed E-state index contributed by atoms with van der Waals surface area (Å²) >= 11 is 0. The van der Waals surface area contributed by atoms with Crippen molar-refractivity contribution in [1.29, 1.82) is 0 Å². The van der Waals surface area contributed by atoms with Crippen molar-refractivity contribution in [2.45, 2.75) is 13.5 Å². The average molecular weight is 323 g/mol. The maximum Gasteiger partial charge on any atom is 0.219 e. The summed E-state index contributed by atoms with van der Waals surface area (Å²) in [4.78, 5) is 13.2. The van der Waals surface area contributed by atoms with E-state index in [2.05, 4.69) is 5.10 Å². The highest BCUT2D eigenvalue weighted by Crippen LogP contribution is 2.25. The van der Waals surface area contributed by atoms with Gasteiger partial charge in [-0.1, -0.05) is 18.2 Å². The number of rotatable bonds is 4. The average Bonchev–Trinajstić information content (AvgIpc) is 3.00. The Morgan fingerprint density at radius 1 is 1.12 bits per heavy atom. The van der Waals surface area contributed by atoms with Crippen LogP contribution in [0.3, 0.4) is 0 Å². The maximum atomic E-state index is 13.2. The molecule has 0 spiro atoms. The Hall–Kier alpha value is -2.95. The first-order valence-corrected chi connectivity index (χ1v) is 7.66. The Labute approximate surface area is 140 Å². The highest BCUT2D eigenvalue weighted by atomic mass is 19.1. The summed E-state index contributed by atoms with van der Waals surface area (Å²) in [7, 11) is 1.75. The van der Waals surface area contributed by atoms with Crippen LogP contribution >= 0.6 is 0 Å². The monoisotopic (exact) mass is 323 g/mol. The summed E-state index contributed by atoms with van der Waals surface area (Å²) in [5.74, 6) is -0.309. The van der Waals surface area contributed by atoms with Gasteiger partial charge in [-0.05, 0) is 36.4 Å². The SMILES string of the molecule is CC(=O)N(C)Cc1cn(-c2ccccc2)nc1-c1ccc(F)cc1. The minimum atomic E-state index is -0.288. The number of carbonyl (C=O) groups excluding carboxylic acids is 1. The Balaban J connectivity index is 2.06. The van der Waals surface area contributed by atoms with Gasteiger partial charge in [0.05, 0.1) is 11.4 Å². The third kappa shape index (κ3) is 3.35. The number of aromatic nitrogens is 2. The third-order valence-corrected chi connectivity index (χ3v) is 3.87. The number of amides is 1. The van der Waals surface area contributed by atoms with E-state index < -0.39 is 0 Å². The first-order valence-electron chi connectivity index (χ1n) is 7.66. The largest absolute Gasteiger partial charge is 0.342 e. The van der Waals surface area contributed by atoms with Gasteiger partial charge in [0.15, 0.2) is 0 Å². The molecule has 0 unspecified atom stereocenters. The smallest absolute Gasteiger partial charge is 0.219 e. The van der Waals surface area contributed by atoms with Crippen molar-refractivity contribution in [2.75, 3.05) is 7.05 Å². The van der Waals surface area contributed by atoms with Crippen molar-refractivity contribution in [1.82, 2.24) is 14.7 Å². The second-order valence-corrected chi connectivity index (χ2v) is 5.67. The molecule has 0 saturated carbocycles. The molecule has 24 heavy (non-hydrogen) atoms. The minimum absolute atomic E-state index is 0.0208. The molecule has 0 aliphatic carbocycles. The second kappa shape index (κ2) is 6.66. The van der Waals surface area contributed by atoms with E-state index in [1.807, 2.05) is 36.5 Å². The van der Waals surface area contributed by atoms with E-state index in [0.29, 0.717) is 6.54 Å². The molecule has 3 aromatic rings. The summed E-state index contributed by atoms with van der Waals surface area (Å²) in [6.45, 7) is 1.97. The number of halogens is 1. The van der Waals surface area contributed by atoms with Crippen molar-refractivity contribution in [3.8, 4) is 16.9 Å². The van der Waals surface area contributed by atoms with Gasteiger partial charge in [-0.2, -0.15) is 5.10 Å². The fourth-order valence-corrected chi connectivity index (χ4v) is 2.46. The highest BCUT2D eigenvalue weighted by molar-refractivity contribution is 5.73. The molecule has 2 aromatic carbocycles. The van der Waals surface area contributed by atoms with E-state index >= 15 is 0 Å². The van der Waals surface area contributed by atoms with Gasteiger partial charge < -0.3 is 4.90 Å². The third-order valence-electron chi connectivity index (χ3n) is 3.87. The number of hydrogen-bond acceptors (Lipinski definition) is 2. The van der Waals surface area contributed by atoms with E-state index in [4.69, 9.17) is 0 Å². The van der Waals surface area contributed by atoms with Crippen LogP contribution in [0.5, 0.6) is 0 Å². The maximum absolute atomic E-state index is 13.2. The molecule has 0 N–H and O–H groups in total. The highest BCUT2D eigenvalue weighted by Gasteiger charge is 2.15. The standard InChI is InChI=1S/C19H18FN3O/c1-14(24)22(2)12-16-13-23(18-6-4-3-5-7-18)21-19(16)15-8-10-17(20)11-9-15/h3-11,13H,12H2,1-2H3. The lowest BCUT2D eigenvalue weighted by Gasteiger charge is -2.14. The molecular weight excluding hydrogens is 305 g/mol. The molecule has 0 atom stereocenters. The van der Waals surface area contributed by atoms with Crippen LogP contribution < -0.4 is 0 Å². The van der Waals surface area contributed by atoms with Crippen molar-refractivity contribution >= 4 is 5.91 Å². The van der Waals surface area contributed by atoms with Crippen LogP contribution in [-0.2, 0) is 11.3 Å². The van der Waals surface area contributed by atoms with Crippen LogP contribution in [-0.4, -0.2) is 27.6 Å². The van der Waals surface area contributed by atoms with Crippen molar-refractivity contribution < 1.29 is 9.18 Å². The van der Waals surface area contributed by atoms with Crippen LogP contribution in [0.1, 0.15) is 12.5 Å². The van der Waals surface area contributed by atoms with Gasteiger partial charge in [0.2, 0.25) is 5.91 Å². The predicted molar refractivity (Wildman–Crippen MR) is 91.1 cm³/mol. The topological polar surface area (TPSA) is 38.1 Å². The predicted octanol–water partition coefficient (Wildman–Crippen LogP) is 3.66. The summed E-state index contributed by atoms with van der Waals surface area (Å²) in [5, 5.41) is 4.65. The zero-order chi connectivity index (χ0) is 17.1. The zero-order valence-electron chi connectivity index (χ0n) is 13.6. The Morgan fingerprint density at radius 2 is 1.79 bits per heavy atom. The van der Waals surface area contributed by atoms with Gasteiger partial charge in [-0.25, -0.2) is 9.07 Å². The fraction of sp³-hybridized carbons (Fsp3) is 0.158. The lowest BCUT2D eigenvalue weighted by Crippen LogP contribution is -2.23. The molecule has 0 radical (unpaired) electrons.